The van der Waals surface area contributed by atoms with Crippen LogP contribution >= 0.6 is 0 Å². The van der Waals surface area contributed by atoms with Crippen LogP contribution in [0.2, 0.25) is 0 Å². The number of carbonyl (C=O) groups excluding carboxylic acids is 3. The van der Waals surface area contributed by atoms with E-state index in [9.17, 15) is 23.9 Å². The normalized spacial score (nSPS) is 18.5. The SMILES string of the molecule is CN1CC(=O)N2[C@@H](Cc3ccc(O)cc3)C(=O)N(CC(c3ccccc3)c3ccccc3)C[C@@H]2N1C(=O)NCc1ccc(F)cc1. The van der Waals surface area contributed by atoms with Crippen molar-refractivity contribution < 1.29 is 23.9 Å². The Hall–Kier alpha value is -5.22. The predicted molar refractivity (Wildman–Crippen MR) is 171 cm³/mol. The number of piperazine rings is 1. The van der Waals surface area contributed by atoms with Crippen LogP contribution in [-0.2, 0) is 22.6 Å². The Morgan fingerprint density at radius 3 is 2.07 bits per heavy atom. The number of urea groups is 1. The molecule has 2 aliphatic heterocycles. The molecule has 2 saturated heterocycles. The lowest BCUT2D eigenvalue weighted by molar-refractivity contribution is -0.187. The van der Waals surface area contributed by atoms with Gasteiger partial charge in [0.1, 0.15) is 23.8 Å². The first-order valence-corrected chi connectivity index (χ1v) is 15.3. The fraction of sp³-hybridized carbons (Fsp3) is 0.250. The van der Waals surface area contributed by atoms with Crippen LogP contribution < -0.4 is 5.32 Å². The highest BCUT2D eigenvalue weighted by Gasteiger charge is 2.51. The number of nitrogens with one attached hydrogen (secondary N) is 1. The molecule has 0 spiro atoms. The van der Waals surface area contributed by atoms with E-state index in [1.807, 2.05) is 60.7 Å². The van der Waals surface area contributed by atoms with Gasteiger partial charge in [-0.1, -0.05) is 84.9 Å². The average Bonchev–Trinajstić information content (AvgIpc) is 3.06. The summed E-state index contributed by atoms with van der Waals surface area (Å²) < 4.78 is 13.5. The van der Waals surface area contributed by atoms with Crippen LogP contribution in [0.15, 0.2) is 109 Å². The zero-order valence-electron chi connectivity index (χ0n) is 25.5. The number of aromatic hydroxyl groups is 1. The van der Waals surface area contributed by atoms with E-state index in [2.05, 4.69) is 5.32 Å². The van der Waals surface area contributed by atoms with Crippen LogP contribution in [-0.4, -0.2) is 81.7 Å². The summed E-state index contributed by atoms with van der Waals surface area (Å²) in [4.78, 5) is 45.2. The number of rotatable bonds is 8. The van der Waals surface area contributed by atoms with Gasteiger partial charge in [0.25, 0.3) is 0 Å². The smallest absolute Gasteiger partial charge is 0.334 e. The molecule has 0 radical (unpaired) electrons. The number of carbonyl (C=O) groups is 3. The number of hydrogen-bond acceptors (Lipinski definition) is 5. The maximum Gasteiger partial charge on any atom is 0.334 e. The van der Waals surface area contributed by atoms with Crippen molar-refractivity contribution in [1.82, 2.24) is 25.1 Å². The Kier molecular flexibility index (Phi) is 8.98. The third kappa shape index (κ3) is 6.57. The van der Waals surface area contributed by atoms with Crippen molar-refractivity contribution in [2.75, 3.05) is 26.7 Å². The molecule has 2 N–H and O–H groups in total. The Bertz CT molecular complexity index is 1630. The van der Waals surface area contributed by atoms with Gasteiger partial charge in [0.2, 0.25) is 11.8 Å². The first-order chi connectivity index (χ1) is 22.3. The molecule has 10 heteroatoms. The number of amides is 4. The van der Waals surface area contributed by atoms with Gasteiger partial charge >= 0.3 is 6.03 Å². The molecule has 2 aliphatic rings. The molecule has 4 amide bonds. The minimum atomic E-state index is -0.871. The van der Waals surface area contributed by atoms with Gasteiger partial charge in [0.05, 0.1) is 13.1 Å². The van der Waals surface area contributed by atoms with E-state index in [1.165, 1.54) is 17.1 Å². The van der Waals surface area contributed by atoms with Gasteiger partial charge in [-0.2, -0.15) is 0 Å². The van der Waals surface area contributed by atoms with Crippen LogP contribution in [0, 0.1) is 5.82 Å². The number of hydrazine groups is 1. The number of nitrogens with zero attached hydrogens (tertiary/aromatic N) is 4. The van der Waals surface area contributed by atoms with E-state index in [1.54, 1.807) is 58.3 Å². The lowest BCUT2D eigenvalue weighted by Gasteiger charge is -2.54. The Balaban J connectivity index is 1.34. The quantitative estimate of drug-likeness (QED) is 0.305. The number of halogens is 1. The van der Waals surface area contributed by atoms with E-state index in [-0.39, 0.29) is 55.4 Å². The molecule has 4 aromatic rings. The first kappa shape index (κ1) is 30.8. The molecule has 0 bridgehead atoms. The van der Waals surface area contributed by atoms with Gasteiger partial charge in [0.15, 0.2) is 0 Å². The van der Waals surface area contributed by atoms with E-state index in [4.69, 9.17) is 0 Å². The van der Waals surface area contributed by atoms with Crippen molar-refractivity contribution in [2.45, 2.75) is 31.1 Å². The zero-order valence-corrected chi connectivity index (χ0v) is 25.5. The number of likely N-dealkylation sites (N-methyl/N-ethyl adjacent to an activating group) is 1. The Morgan fingerprint density at radius 2 is 1.46 bits per heavy atom. The summed E-state index contributed by atoms with van der Waals surface area (Å²) in [5.41, 5.74) is 3.59. The van der Waals surface area contributed by atoms with Crippen molar-refractivity contribution in [3.63, 3.8) is 0 Å². The van der Waals surface area contributed by atoms with Crippen molar-refractivity contribution in [3.8, 4) is 5.75 Å². The second-order valence-electron chi connectivity index (χ2n) is 11.7. The third-order valence-corrected chi connectivity index (χ3v) is 8.68. The number of benzene rings is 4. The molecule has 0 aliphatic carbocycles. The second-order valence-corrected chi connectivity index (χ2v) is 11.7. The summed E-state index contributed by atoms with van der Waals surface area (Å²) in [5, 5.41) is 15.9. The molecule has 236 valence electrons. The highest BCUT2D eigenvalue weighted by Crippen LogP contribution is 2.32. The van der Waals surface area contributed by atoms with Crippen molar-refractivity contribution in [3.05, 3.63) is 137 Å². The van der Waals surface area contributed by atoms with Gasteiger partial charge < -0.3 is 20.2 Å². The van der Waals surface area contributed by atoms with E-state index < -0.39 is 18.2 Å². The highest BCUT2D eigenvalue weighted by molar-refractivity contribution is 5.91. The van der Waals surface area contributed by atoms with Crippen LogP contribution in [0.4, 0.5) is 9.18 Å². The maximum atomic E-state index is 14.4. The van der Waals surface area contributed by atoms with Crippen molar-refractivity contribution >= 4 is 17.8 Å². The fourth-order valence-corrected chi connectivity index (χ4v) is 6.38. The largest absolute Gasteiger partial charge is 0.508 e. The van der Waals surface area contributed by atoms with Crippen molar-refractivity contribution in [2.24, 2.45) is 0 Å². The third-order valence-electron chi connectivity index (χ3n) is 8.68. The molecule has 4 aromatic carbocycles. The minimum absolute atomic E-state index is 0.0868. The zero-order chi connectivity index (χ0) is 32.2. The van der Waals surface area contributed by atoms with E-state index in [0.29, 0.717) is 6.54 Å². The molecule has 2 atom stereocenters. The number of fused-ring (bicyclic) bond motifs is 1. The summed E-state index contributed by atoms with van der Waals surface area (Å²) in [7, 11) is 1.68. The van der Waals surface area contributed by atoms with Gasteiger partial charge in [-0.25, -0.2) is 19.2 Å². The second kappa shape index (κ2) is 13.4. The average molecular weight is 622 g/mol. The van der Waals surface area contributed by atoms with Crippen LogP contribution in [0.25, 0.3) is 0 Å². The first-order valence-electron chi connectivity index (χ1n) is 15.3. The van der Waals surface area contributed by atoms with Gasteiger partial charge in [0, 0.05) is 32.5 Å². The maximum absolute atomic E-state index is 14.4. The van der Waals surface area contributed by atoms with Gasteiger partial charge in [-0.15, -0.1) is 0 Å². The molecule has 0 aromatic heterocycles. The molecular formula is C36H36FN5O4. The summed E-state index contributed by atoms with van der Waals surface area (Å²) in [6.07, 6.45) is -0.556. The monoisotopic (exact) mass is 621 g/mol. The minimum Gasteiger partial charge on any atom is -0.508 e. The fourth-order valence-electron chi connectivity index (χ4n) is 6.38. The lowest BCUT2D eigenvalue weighted by atomic mass is 9.89. The van der Waals surface area contributed by atoms with Crippen LogP contribution in [0.1, 0.15) is 28.2 Å². The summed E-state index contributed by atoms with van der Waals surface area (Å²) in [6.45, 7) is 0.525. The van der Waals surface area contributed by atoms with E-state index >= 15 is 0 Å². The number of phenolic OH excluding ortho intramolecular Hbond substituents is 1. The predicted octanol–water partition coefficient (Wildman–Crippen LogP) is 4.34. The van der Waals surface area contributed by atoms with Gasteiger partial charge in [-0.05, 0) is 46.5 Å². The highest BCUT2D eigenvalue weighted by atomic mass is 19.1. The number of hydrogen-bond donors (Lipinski definition) is 2. The van der Waals surface area contributed by atoms with Gasteiger partial charge in [-0.3, -0.25) is 9.59 Å². The molecular weight excluding hydrogens is 585 g/mol. The topological polar surface area (TPSA) is 96.4 Å². The molecule has 46 heavy (non-hydrogen) atoms. The summed E-state index contributed by atoms with van der Waals surface area (Å²) in [5.74, 6) is -0.868. The Labute approximate surface area is 267 Å². The molecule has 2 fully saturated rings. The Morgan fingerprint density at radius 1 is 0.870 bits per heavy atom. The molecule has 0 unspecified atom stereocenters. The molecule has 0 saturated carbocycles. The van der Waals surface area contributed by atoms with E-state index in [0.717, 1.165) is 22.3 Å². The molecule has 6 rings (SSSR count). The van der Waals surface area contributed by atoms with Crippen LogP contribution in [0.5, 0.6) is 5.75 Å². The molecule has 2 heterocycles. The van der Waals surface area contributed by atoms with Crippen LogP contribution in [0.3, 0.4) is 0 Å². The standard InChI is InChI=1S/C36H36FN5O4/c1-39-24-34(44)41-32(20-25-14-18-30(43)19-15-25)35(45)40(22-31(27-8-4-2-5-9-27)28-10-6-3-7-11-28)23-33(41)42(39)36(46)38-21-26-12-16-29(37)17-13-26/h2-19,31-33,43H,20-24H2,1H3,(H,38,46)/t32-,33-/m0/s1. The molecule has 9 nitrogen and oxygen atoms in total. The summed E-state index contributed by atoms with van der Waals surface area (Å²) >= 11 is 0. The lowest BCUT2D eigenvalue weighted by Crippen LogP contribution is -2.76. The number of phenols is 1. The summed E-state index contributed by atoms with van der Waals surface area (Å²) in [6, 6.07) is 31.1. The van der Waals surface area contributed by atoms with Crippen molar-refractivity contribution in [1.29, 1.82) is 0 Å².